The number of pyridine rings is 1. The van der Waals surface area contributed by atoms with Gasteiger partial charge in [0.1, 0.15) is 0 Å². The fourth-order valence-corrected chi connectivity index (χ4v) is 0.900. The molecule has 3 N–H and O–H groups in total. The number of halogens is 3. The normalized spacial score (nSPS) is 12.9. The largest absolute Gasteiger partial charge is 0.417 e. The smallest absolute Gasteiger partial charge is 0.409 e. The molecule has 0 aromatic carbocycles. The van der Waals surface area contributed by atoms with Crippen LogP contribution in [0.15, 0.2) is 23.6 Å². The third-order valence-corrected chi connectivity index (χ3v) is 1.51. The van der Waals surface area contributed by atoms with Gasteiger partial charge in [0, 0.05) is 12.4 Å². The van der Waals surface area contributed by atoms with E-state index in [2.05, 4.69) is 10.1 Å². The van der Waals surface area contributed by atoms with Gasteiger partial charge < -0.3 is 10.9 Å². The molecule has 1 aromatic heterocycles. The maximum Gasteiger partial charge on any atom is 0.417 e. The first kappa shape index (κ1) is 10.3. The van der Waals surface area contributed by atoms with Crippen LogP contribution in [0.4, 0.5) is 13.2 Å². The van der Waals surface area contributed by atoms with E-state index in [1.54, 1.807) is 0 Å². The molecule has 0 fully saturated rings. The van der Waals surface area contributed by atoms with Crippen LogP contribution in [0, 0.1) is 0 Å². The lowest BCUT2D eigenvalue weighted by molar-refractivity contribution is -0.137. The molecule has 0 amide bonds. The molecular weight excluding hydrogens is 199 g/mol. The van der Waals surface area contributed by atoms with Crippen molar-refractivity contribution in [3.63, 3.8) is 0 Å². The Hall–Kier alpha value is -1.79. The van der Waals surface area contributed by atoms with Crippen molar-refractivity contribution in [1.82, 2.24) is 4.98 Å². The zero-order chi connectivity index (χ0) is 10.8. The van der Waals surface area contributed by atoms with Gasteiger partial charge in [0.25, 0.3) is 0 Å². The molecule has 1 heterocycles. The van der Waals surface area contributed by atoms with Crippen LogP contribution in [-0.2, 0) is 6.18 Å². The predicted octanol–water partition coefficient (Wildman–Crippen LogP) is 1.19. The van der Waals surface area contributed by atoms with Crippen LogP contribution in [-0.4, -0.2) is 16.0 Å². The second-order valence-electron chi connectivity index (χ2n) is 2.40. The second kappa shape index (κ2) is 3.52. The molecule has 0 radical (unpaired) electrons. The van der Waals surface area contributed by atoms with Gasteiger partial charge in [-0.3, -0.25) is 4.98 Å². The van der Waals surface area contributed by atoms with Gasteiger partial charge in [-0.25, -0.2) is 0 Å². The number of aromatic nitrogens is 1. The Labute approximate surface area is 76.9 Å². The first-order valence-electron chi connectivity index (χ1n) is 3.46. The summed E-state index contributed by atoms with van der Waals surface area (Å²) < 4.78 is 37.0. The number of oxime groups is 1. The Morgan fingerprint density at radius 2 is 2.14 bits per heavy atom. The van der Waals surface area contributed by atoms with Crippen LogP contribution in [0.1, 0.15) is 11.1 Å². The van der Waals surface area contributed by atoms with E-state index in [1.165, 1.54) is 0 Å². The molecule has 1 aromatic rings. The summed E-state index contributed by atoms with van der Waals surface area (Å²) in [4.78, 5) is 3.46. The molecule has 76 valence electrons. The highest BCUT2D eigenvalue weighted by atomic mass is 19.4. The quantitative estimate of drug-likeness (QED) is 0.313. The average Bonchev–Trinajstić information content (AvgIpc) is 2.15. The minimum absolute atomic E-state index is 0.442. The number of nitrogens with two attached hydrogens (primary N) is 1. The Balaban J connectivity index is 3.31. The second-order valence-corrected chi connectivity index (χ2v) is 2.40. The van der Waals surface area contributed by atoms with E-state index in [9.17, 15) is 13.2 Å². The molecule has 7 heteroatoms. The van der Waals surface area contributed by atoms with Crippen molar-refractivity contribution in [3.8, 4) is 0 Å². The molecule has 1 rings (SSSR count). The number of hydrogen-bond donors (Lipinski definition) is 2. The van der Waals surface area contributed by atoms with Crippen molar-refractivity contribution >= 4 is 5.84 Å². The Bertz CT molecular complexity index is 361. The van der Waals surface area contributed by atoms with E-state index in [0.717, 1.165) is 18.5 Å². The van der Waals surface area contributed by atoms with Crippen LogP contribution in [0.5, 0.6) is 0 Å². The monoisotopic (exact) mass is 205 g/mol. The molecule has 0 bridgehead atoms. The molecule has 14 heavy (non-hydrogen) atoms. The van der Waals surface area contributed by atoms with E-state index in [0.29, 0.717) is 0 Å². The molecule has 0 aliphatic heterocycles. The molecule has 4 nitrogen and oxygen atoms in total. The molecule has 0 saturated carbocycles. The van der Waals surface area contributed by atoms with Crippen molar-refractivity contribution in [2.24, 2.45) is 10.9 Å². The molecule has 0 spiro atoms. The van der Waals surface area contributed by atoms with Crippen molar-refractivity contribution in [1.29, 1.82) is 0 Å². The van der Waals surface area contributed by atoms with E-state index in [-0.39, 0.29) is 0 Å². The Kier molecular flexibility index (Phi) is 2.59. The first-order valence-corrected chi connectivity index (χ1v) is 3.46. The summed E-state index contributed by atoms with van der Waals surface area (Å²) in [6.45, 7) is 0. The van der Waals surface area contributed by atoms with E-state index < -0.39 is 23.1 Å². The number of rotatable bonds is 1. The van der Waals surface area contributed by atoms with E-state index >= 15 is 0 Å². The van der Waals surface area contributed by atoms with Gasteiger partial charge in [0.05, 0.1) is 11.1 Å². The SMILES string of the molecule is N/C(=N/O)c1cnccc1C(F)(F)F. The highest BCUT2D eigenvalue weighted by molar-refractivity contribution is 5.98. The zero-order valence-corrected chi connectivity index (χ0v) is 6.78. The van der Waals surface area contributed by atoms with Gasteiger partial charge in [-0.15, -0.1) is 0 Å². The van der Waals surface area contributed by atoms with Crippen LogP contribution in [0.2, 0.25) is 0 Å². The summed E-state index contributed by atoms with van der Waals surface area (Å²) in [5.74, 6) is -0.620. The number of amidine groups is 1. The summed E-state index contributed by atoms with van der Waals surface area (Å²) in [5, 5.41) is 10.7. The first-order chi connectivity index (χ1) is 6.46. The van der Waals surface area contributed by atoms with Crippen molar-refractivity contribution in [3.05, 3.63) is 29.6 Å². The third kappa shape index (κ3) is 1.93. The van der Waals surface area contributed by atoms with Gasteiger partial charge >= 0.3 is 6.18 Å². The van der Waals surface area contributed by atoms with Crippen LogP contribution >= 0.6 is 0 Å². The fraction of sp³-hybridized carbons (Fsp3) is 0.143. The summed E-state index contributed by atoms with van der Waals surface area (Å²) >= 11 is 0. The van der Waals surface area contributed by atoms with E-state index in [1.807, 2.05) is 0 Å². The molecular formula is C7H6F3N3O. The maximum absolute atomic E-state index is 12.3. The van der Waals surface area contributed by atoms with Gasteiger partial charge in [-0.2, -0.15) is 13.2 Å². The van der Waals surface area contributed by atoms with Gasteiger partial charge in [0.2, 0.25) is 0 Å². The molecule has 0 atom stereocenters. The van der Waals surface area contributed by atoms with Crippen LogP contribution < -0.4 is 5.73 Å². The summed E-state index contributed by atoms with van der Waals surface area (Å²) in [5.41, 5.74) is 3.63. The van der Waals surface area contributed by atoms with Gasteiger partial charge in [-0.05, 0) is 6.07 Å². The summed E-state index contributed by atoms with van der Waals surface area (Å²) in [6.07, 6.45) is -2.68. The molecule has 0 aliphatic rings. The topological polar surface area (TPSA) is 71.5 Å². The van der Waals surface area contributed by atoms with Crippen LogP contribution in [0.25, 0.3) is 0 Å². The molecule has 0 unspecified atom stereocenters. The average molecular weight is 205 g/mol. The summed E-state index contributed by atoms with van der Waals surface area (Å²) in [6, 6.07) is 0.757. The van der Waals surface area contributed by atoms with Crippen LogP contribution in [0.3, 0.4) is 0 Å². The lowest BCUT2D eigenvalue weighted by atomic mass is 10.1. The molecule has 0 saturated heterocycles. The maximum atomic E-state index is 12.3. The van der Waals surface area contributed by atoms with Gasteiger partial charge in [0.15, 0.2) is 5.84 Å². The lowest BCUT2D eigenvalue weighted by Crippen LogP contribution is -2.20. The highest BCUT2D eigenvalue weighted by Crippen LogP contribution is 2.31. The van der Waals surface area contributed by atoms with Crippen molar-refractivity contribution < 1.29 is 18.4 Å². The van der Waals surface area contributed by atoms with E-state index in [4.69, 9.17) is 10.9 Å². The lowest BCUT2D eigenvalue weighted by Gasteiger charge is -2.10. The zero-order valence-electron chi connectivity index (χ0n) is 6.78. The van der Waals surface area contributed by atoms with Gasteiger partial charge in [-0.1, -0.05) is 5.16 Å². The minimum atomic E-state index is -4.55. The number of nitrogens with zero attached hydrogens (tertiary/aromatic N) is 2. The van der Waals surface area contributed by atoms with Crippen molar-refractivity contribution in [2.45, 2.75) is 6.18 Å². The number of alkyl halides is 3. The third-order valence-electron chi connectivity index (χ3n) is 1.51. The number of hydrogen-bond acceptors (Lipinski definition) is 3. The Morgan fingerprint density at radius 1 is 1.50 bits per heavy atom. The molecule has 0 aliphatic carbocycles. The summed E-state index contributed by atoms with van der Waals surface area (Å²) in [7, 11) is 0. The minimum Gasteiger partial charge on any atom is -0.409 e. The standard InChI is InChI=1S/C7H6F3N3O/c8-7(9,10)5-1-2-12-3-4(5)6(11)13-14/h1-3,14H,(H2,11,13). The Morgan fingerprint density at radius 3 is 2.64 bits per heavy atom. The highest BCUT2D eigenvalue weighted by Gasteiger charge is 2.34. The fourth-order valence-electron chi connectivity index (χ4n) is 0.900. The predicted molar refractivity (Wildman–Crippen MR) is 41.7 cm³/mol. The van der Waals surface area contributed by atoms with Crippen molar-refractivity contribution in [2.75, 3.05) is 0 Å².